The fourth-order valence-electron chi connectivity index (χ4n) is 2.09. The van der Waals surface area contributed by atoms with Crippen molar-refractivity contribution in [3.8, 4) is 22.8 Å². The lowest BCUT2D eigenvalue weighted by atomic mass is 10.1. The highest BCUT2D eigenvalue weighted by atomic mass is 35.5. The number of aryl methyl sites for hydroxylation is 1. The average Bonchev–Trinajstić information content (AvgIpc) is 2.97. The van der Waals surface area contributed by atoms with Crippen LogP contribution in [0.25, 0.3) is 22.8 Å². The van der Waals surface area contributed by atoms with Crippen LogP contribution in [0.15, 0.2) is 47.0 Å². The molecule has 0 saturated carbocycles. The molecule has 3 aromatic rings. The summed E-state index contributed by atoms with van der Waals surface area (Å²) in [6, 6.07) is 11.6. The summed E-state index contributed by atoms with van der Waals surface area (Å²) in [5, 5.41) is 15.2. The SMILES string of the molecule is Cc1cc([N+](=O)[O-])ccc1-c1noc(-c2ccccc2Cl)n1. The van der Waals surface area contributed by atoms with Crippen LogP contribution in [0.3, 0.4) is 0 Å². The molecule has 0 aliphatic carbocycles. The van der Waals surface area contributed by atoms with Crippen LogP contribution in [0.4, 0.5) is 5.69 Å². The van der Waals surface area contributed by atoms with Gasteiger partial charge < -0.3 is 4.52 Å². The van der Waals surface area contributed by atoms with Crippen LogP contribution in [0, 0.1) is 17.0 Å². The molecule has 110 valence electrons. The topological polar surface area (TPSA) is 82.1 Å². The van der Waals surface area contributed by atoms with Crippen LogP contribution < -0.4 is 0 Å². The Balaban J connectivity index is 2.01. The number of nitro benzene ring substituents is 1. The summed E-state index contributed by atoms with van der Waals surface area (Å²) in [6.45, 7) is 1.76. The molecule has 0 fully saturated rings. The van der Waals surface area contributed by atoms with Crippen molar-refractivity contribution in [1.29, 1.82) is 0 Å². The summed E-state index contributed by atoms with van der Waals surface area (Å²) in [5.74, 6) is 0.667. The van der Waals surface area contributed by atoms with Gasteiger partial charge in [-0.3, -0.25) is 10.1 Å². The second-order valence-electron chi connectivity index (χ2n) is 4.66. The van der Waals surface area contributed by atoms with E-state index in [1.807, 2.05) is 12.1 Å². The van der Waals surface area contributed by atoms with E-state index in [-0.39, 0.29) is 5.69 Å². The fourth-order valence-corrected chi connectivity index (χ4v) is 2.31. The zero-order valence-corrected chi connectivity index (χ0v) is 12.2. The van der Waals surface area contributed by atoms with Gasteiger partial charge in [-0.05, 0) is 30.7 Å². The third-order valence-electron chi connectivity index (χ3n) is 3.19. The predicted molar refractivity (Wildman–Crippen MR) is 81.6 cm³/mol. The Kier molecular flexibility index (Phi) is 3.60. The number of nitrogens with zero attached hydrogens (tertiary/aromatic N) is 3. The van der Waals surface area contributed by atoms with Gasteiger partial charge in [0.2, 0.25) is 5.82 Å². The Morgan fingerprint density at radius 2 is 1.95 bits per heavy atom. The first kappa shape index (κ1) is 14.2. The summed E-state index contributed by atoms with van der Waals surface area (Å²) in [5.41, 5.74) is 2.03. The van der Waals surface area contributed by atoms with Crippen LogP contribution >= 0.6 is 11.6 Å². The fraction of sp³-hybridized carbons (Fsp3) is 0.0667. The van der Waals surface area contributed by atoms with Crippen molar-refractivity contribution in [3.05, 3.63) is 63.2 Å². The molecule has 0 atom stereocenters. The van der Waals surface area contributed by atoms with E-state index in [0.717, 1.165) is 0 Å². The van der Waals surface area contributed by atoms with Gasteiger partial charge in [-0.15, -0.1) is 0 Å². The first-order chi connectivity index (χ1) is 10.6. The third-order valence-corrected chi connectivity index (χ3v) is 3.52. The molecule has 1 heterocycles. The molecular formula is C15H10ClN3O3. The lowest BCUT2D eigenvalue weighted by molar-refractivity contribution is -0.384. The molecule has 2 aromatic carbocycles. The standard InChI is InChI=1S/C15H10ClN3O3/c1-9-8-10(19(20)21)6-7-11(9)14-17-15(22-18-14)12-4-2-3-5-13(12)16/h2-8H,1H3. The van der Waals surface area contributed by atoms with Crippen LogP contribution in [0.5, 0.6) is 0 Å². The van der Waals surface area contributed by atoms with Gasteiger partial charge in [0, 0.05) is 17.7 Å². The van der Waals surface area contributed by atoms with E-state index in [1.54, 1.807) is 25.1 Å². The smallest absolute Gasteiger partial charge is 0.269 e. The minimum atomic E-state index is -0.442. The van der Waals surface area contributed by atoms with Gasteiger partial charge in [-0.25, -0.2) is 0 Å². The predicted octanol–water partition coefficient (Wildman–Crippen LogP) is 4.27. The lowest BCUT2D eigenvalue weighted by Crippen LogP contribution is -1.91. The van der Waals surface area contributed by atoms with Crippen molar-refractivity contribution in [1.82, 2.24) is 10.1 Å². The van der Waals surface area contributed by atoms with Gasteiger partial charge in [-0.1, -0.05) is 28.9 Å². The minimum absolute atomic E-state index is 0.0241. The van der Waals surface area contributed by atoms with Crippen LogP contribution in [0.1, 0.15) is 5.56 Å². The van der Waals surface area contributed by atoms with E-state index in [2.05, 4.69) is 10.1 Å². The van der Waals surface area contributed by atoms with E-state index < -0.39 is 4.92 Å². The summed E-state index contributed by atoms with van der Waals surface area (Å²) in [4.78, 5) is 14.6. The Morgan fingerprint density at radius 1 is 1.18 bits per heavy atom. The molecule has 0 saturated heterocycles. The number of non-ortho nitro benzene ring substituents is 1. The number of hydrogen-bond donors (Lipinski definition) is 0. The number of hydrogen-bond acceptors (Lipinski definition) is 5. The summed E-state index contributed by atoms with van der Waals surface area (Å²) < 4.78 is 5.24. The van der Waals surface area contributed by atoms with Crippen LogP contribution in [0.2, 0.25) is 5.02 Å². The second-order valence-corrected chi connectivity index (χ2v) is 5.07. The van der Waals surface area contributed by atoms with Crippen molar-refractivity contribution in [2.75, 3.05) is 0 Å². The highest BCUT2D eigenvalue weighted by molar-refractivity contribution is 6.33. The molecule has 0 unspecified atom stereocenters. The molecule has 1 aromatic heterocycles. The van der Waals surface area contributed by atoms with Gasteiger partial charge in [0.1, 0.15) is 0 Å². The Bertz CT molecular complexity index is 861. The summed E-state index contributed by atoms with van der Waals surface area (Å²) >= 11 is 6.10. The Morgan fingerprint density at radius 3 is 2.64 bits per heavy atom. The molecule has 0 N–H and O–H groups in total. The maximum absolute atomic E-state index is 10.8. The first-order valence-electron chi connectivity index (χ1n) is 6.40. The maximum atomic E-state index is 10.8. The maximum Gasteiger partial charge on any atom is 0.269 e. The van der Waals surface area contributed by atoms with Crippen LogP contribution in [-0.2, 0) is 0 Å². The molecule has 0 bridgehead atoms. The molecule has 0 aliphatic heterocycles. The van der Waals surface area contributed by atoms with E-state index in [0.29, 0.717) is 33.4 Å². The lowest BCUT2D eigenvalue weighted by Gasteiger charge is -2.00. The number of benzene rings is 2. The van der Waals surface area contributed by atoms with Gasteiger partial charge >= 0.3 is 0 Å². The van der Waals surface area contributed by atoms with E-state index in [9.17, 15) is 10.1 Å². The van der Waals surface area contributed by atoms with Crippen molar-refractivity contribution < 1.29 is 9.45 Å². The van der Waals surface area contributed by atoms with E-state index >= 15 is 0 Å². The van der Waals surface area contributed by atoms with Crippen LogP contribution in [-0.4, -0.2) is 15.1 Å². The molecule has 0 radical (unpaired) electrons. The Hall–Kier alpha value is -2.73. The van der Waals surface area contributed by atoms with Crippen molar-refractivity contribution in [3.63, 3.8) is 0 Å². The van der Waals surface area contributed by atoms with Crippen molar-refractivity contribution in [2.24, 2.45) is 0 Å². The van der Waals surface area contributed by atoms with Crippen molar-refractivity contribution >= 4 is 17.3 Å². The monoisotopic (exact) mass is 315 g/mol. The Labute approximate surface area is 130 Å². The number of halogens is 1. The molecule has 0 amide bonds. The van der Waals surface area contributed by atoms with Gasteiger partial charge in [0.05, 0.1) is 15.5 Å². The largest absolute Gasteiger partial charge is 0.334 e. The minimum Gasteiger partial charge on any atom is -0.334 e. The van der Waals surface area contributed by atoms with Gasteiger partial charge in [0.15, 0.2) is 0 Å². The first-order valence-corrected chi connectivity index (χ1v) is 6.78. The van der Waals surface area contributed by atoms with Gasteiger partial charge in [-0.2, -0.15) is 4.98 Å². The summed E-state index contributed by atoms with van der Waals surface area (Å²) in [7, 11) is 0. The number of aromatic nitrogens is 2. The van der Waals surface area contributed by atoms with Gasteiger partial charge in [0.25, 0.3) is 11.6 Å². The zero-order valence-electron chi connectivity index (χ0n) is 11.5. The van der Waals surface area contributed by atoms with E-state index in [1.165, 1.54) is 12.1 Å². The molecule has 0 spiro atoms. The second kappa shape index (κ2) is 5.57. The molecule has 6 nitrogen and oxygen atoms in total. The third kappa shape index (κ3) is 2.56. The highest BCUT2D eigenvalue weighted by Crippen LogP contribution is 2.30. The highest BCUT2D eigenvalue weighted by Gasteiger charge is 2.16. The molecule has 7 heteroatoms. The quantitative estimate of drug-likeness (QED) is 0.532. The zero-order chi connectivity index (χ0) is 15.7. The molecule has 0 aliphatic rings. The molecule has 3 rings (SSSR count). The average molecular weight is 316 g/mol. The summed E-state index contributed by atoms with van der Waals surface area (Å²) in [6.07, 6.45) is 0. The van der Waals surface area contributed by atoms with Crippen molar-refractivity contribution in [2.45, 2.75) is 6.92 Å². The molecular weight excluding hydrogens is 306 g/mol. The molecule has 22 heavy (non-hydrogen) atoms. The normalized spacial score (nSPS) is 10.6. The number of rotatable bonds is 3. The number of nitro groups is 1. The van der Waals surface area contributed by atoms with E-state index in [4.69, 9.17) is 16.1 Å².